The smallest absolute Gasteiger partial charge is 0.264 e. The summed E-state index contributed by atoms with van der Waals surface area (Å²) < 4.78 is 25.2. The number of amides is 2. The van der Waals surface area contributed by atoms with Crippen molar-refractivity contribution in [3.05, 3.63) is 59.7 Å². The fourth-order valence-electron chi connectivity index (χ4n) is 2.10. The molecule has 0 saturated heterocycles. The Kier molecular flexibility index (Phi) is 6.09. The maximum absolute atomic E-state index is 12.4. The summed E-state index contributed by atoms with van der Waals surface area (Å²) in [6, 6.07) is 11.9. The molecule has 9 heteroatoms. The van der Waals surface area contributed by atoms with Crippen LogP contribution in [0.1, 0.15) is 20.7 Å². The Morgan fingerprint density at radius 1 is 1.00 bits per heavy atom. The number of benzene rings is 2. The van der Waals surface area contributed by atoms with Crippen molar-refractivity contribution in [1.82, 2.24) is 9.79 Å². The Labute approximate surface area is 151 Å². The van der Waals surface area contributed by atoms with Crippen molar-refractivity contribution in [2.75, 3.05) is 26.5 Å². The highest BCUT2D eigenvalue weighted by Crippen LogP contribution is 2.17. The lowest BCUT2D eigenvalue weighted by Crippen LogP contribution is -2.26. The van der Waals surface area contributed by atoms with Gasteiger partial charge in [0, 0.05) is 30.9 Å². The summed E-state index contributed by atoms with van der Waals surface area (Å²) in [6.45, 7) is 0. The SMILES string of the molecule is CNC(=O)c1ccc(NC(=O)c2cccc(S(=O)(=O)N(C)OC)c2)cc1. The first kappa shape index (κ1) is 19.6. The zero-order valence-corrected chi connectivity index (χ0v) is 15.3. The Hall–Kier alpha value is -2.75. The first-order valence-electron chi connectivity index (χ1n) is 7.56. The number of nitrogens with one attached hydrogen (secondary N) is 2. The molecule has 0 aliphatic heterocycles. The lowest BCUT2D eigenvalue weighted by Gasteiger charge is -2.14. The zero-order chi connectivity index (χ0) is 19.3. The second kappa shape index (κ2) is 8.09. The van der Waals surface area contributed by atoms with Crippen LogP contribution in [-0.2, 0) is 14.9 Å². The van der Waals surface area contributed by atoms with Crippen molar-refractivity contribution in [2.24, 2.45) is 0 Å². The molecule has 26 heavy (non-hydrogen) atoms. The summed E-state index contributed by atoms with van der Waals surface area (Å²) in [5.74, 6) is -0.710. The van der Waals surface area contributed by atoms with Crippen LogP contribution in [0.3, 0.4) is 0 Å². The normalized spacial score (nSPS) is 11.2. The number of rotatable bonds is 6. The molecule has 0 fully saturated rings. The van der Waals surface area contributed by atoms with Crippen molar-refractivity contribution in [2.45, 2.75) is 4.90 Å². The van der Waals surface area contributed by atoms with Crippen molar-refractivity contribution >= 4 is 27.5 Å². The van der Waals surface area contributed by atoms with Gasteiger partial charge >= 0.3 is 0 Å². The van der Waals surface area contributed by atoms with Gasteiger partial charge in [0.1, 0.15) is 0 Å². The Morgan fingerprint density at radius 2 is 1.65 bits per heavy atom. The van der Waals surface area contributed by atoms with Gasteiger partial charge in [-0.2, -0.15) is 0 Å². The van der Waals surface area contributed by atoms with Gasteiger partial charge in [-0.3, -0.25) is 14.4 Å². The van der Waals surface area contributed by atoms with Gasteiger partial charge in [-0.15, -0.1) is 0 Å². The Bertz CT molecular complexity index is 910. The zero-order valence-electron chi connectivity index (χ0n) is 14.5. The van der Waals surface area contributed by atoms with Crippen LogP contribution in [0.25, 0.3) is 0 Å². The van der Waals surface area contributed by atoms with Crippen LogP contribution in [-0.4, -0.2) is 45.9 Å². The molecule has 0 aliphatic carbocycles. The van der Waals surface area contributed by atoms with E-state index in [1.165, 1.54) is 45.5 Å². The topological polar surface area (TPSA) is 105 Å². The number of hydroxylamine groups is 1. The van der Waals surface area contributed by atoms with Crippen LogP contribution in [0.15, 0.2) is 53.4 Å². The predicted octanol–water partition coefficient (Wildman–Crippen LogP) is 1.48. The highest BCUT2D eigenvalue weighted by atomic mass is 32.2. The summed E-state index contributed by atoms with van der Waals surface area (Å²) in [4.78, 5) is 28.5. The van der Waals surface area contributed by atoms with Crippen LogP contribution < -0.4 is 10.6 Å². The standard InChI is InChI=1S/C17H19N3O5S/c1-18-16(21)12-7-9-14(10-8-12)19-17(22)13-5-4-6-15(11-13)26(23,24)20(2)25-3/h4-11H,1-3H3,(H,18,21)(H,19,22). The first-order chi connectivity index (χ1) is 12.3. The summed E-state index contributed by atoms with van der Waals surface area (Å²) in [5, 5.41) is 5.16. The lowest BCUT2D eigenvalue weighted by molar-refractivity contribution is -0.0258. The van der Waals surface area contributed by atoms with E-state index in [9.17, 15) is 18.0 Å². The summed E-state index contributed by atoms with van der Waals surface area (Å²) in [6.07, 6.45) is 0. The quantitative estimate of drug-likeness (QED) is 0.742. The van der Waals surface area contributed by atoms with Crippen LogP contribution >= 0.6 is 0 Å². The number of sulfonamides is 1. The molecule has 2 rings (SSSR count). The van der Waals surface area contributed by atoms with Gasteiger partial charge in [-0.1, -0.05) is 10.5 Å². The second-order valence-corrected chi connectivity index (χ2v) is 7.17. The largest absolute Gasteiger partial charge is 0.355 e. The fourth-order valence-corrected chi connectivity index (χ4v) is 3.12. The molecular formula is C17H19N3O5S. The summed E-state index contributed by atoms with van der Waals surface area (Å²) in [5.41, 5.74) is 1.11. The average Bonchev–Trinajstić information content (AvgIpc) is 2.67. The van der Waals surface area contributed by atoms with Crippen LogP contribution in [0.5, 0.6) is 0 Å². The summed E-state index contributed by atoms with van der Waals surface area (Å²) >= 11 is 0. The van der Waals surface area contributed by atoms with Crippen molar-refractivity contribution in [3.63, 3.8) is 0 Å². The Morgan fingerprint density at radius 3 is 2.23 bits per heavy atom. The van der Waals surface area contributed by atoms with Gasteiger partial charge in [-0.05, 0) is 42.5 Å². The molecule has 0 heterocycles. The van der Waals surface area contributed by atoms with Crippen molar-refractivity contribution in [3.8, 4) is 0 Å². The molecule has 0 atom stereocenters. The molecule has 138 valence electrons. The number of hydrogen-bond acceptors (Lipinski definition) is 5. The van der Waals surface area contributed by atoms with E-state index in [0.717, 1.165) is 0 Å². The average molecular weight is 377 g/mol. The number of anilines is 1. The van der Waals surface area contributed by atoms with Gasteiger partial charge < -0.3 is 10.6 Å². The molecule has 0 radical (unpaired) electrons. The van der Waals surface area contributed by atoms with Crippen molar-refractivity contribution in [1.29, 1.82) is 0 Å². The summed E-state index contributed by atoms with van der Waals surface area (Å²) in [7, 11) is 0.171. The van der Waals surface area contributed by atoms with Gasteiger partial charge in [0.15, 0.2) is 0 Å². The van der Waals surface area contributed by atoms with Gasteiger partial charge in [0.05, 0.1) is 12.0 Å². The second-order valence-electron chi connectivity index (χ2n) is 5.24. The van der Waals surface area contributed by atoms with Crippen LogP contribution in [0.2, 0.25) is 0 Å². The van der Waals surface area contributed by atoms with E-state index in [4.69, 9.17) is 4.84 Å². The number of carbonyl (C=O) groups is 2. The van der Waals surface area contributed by atoms with Crippen LogP contribution in [0.4, 0.5) is 5.69 Å². The third-order valence-corrected chi connectivity index (χ3v) is 5.30. The molecule has 0 aromatic heterocycles. The third-order valence-electron chi connectivity index (χ3n) is 3.62. The molecule has 0 aliphatic rings. The molecule has 2 aromatic carbocycles. The molecule has 8 nitrogen and oxygen atoms in total. The van der Waals surface area contributed by atoms with E-state index in [0.29, 0.717) is 15.7 Å². The lowest BCUT2D eigenvalue weighted by atomic mass is 10.1. The van der Waals surface area contributed by atoms with E-state index < -0.39 is 15.9 Å². The molecule has 2 amide bonds. The van der Waals surface area contributed by atoms with E-state index in [-0.39, 0.29) is 16.4 Å². The highest BCUT2D eigenvalue weighted by molar-refractivity contribution is 7.89. The third kappa shape index (κ3) is 4.26. The van der Waals surface area contributed by atoms with E-state index in [2.05, 4.69) is 10.6 Å². The molecule has 0 saturated carbocycles. The molecular weight excluding hydrogens is 358 g/mol. The van der Waals surface area contributed by atoms with E-state index >= 15 is 0 Å². The minimum Gasteiger partial charge on any atom is -0.355 e. The number of nitrogens with zero attached hydrogens (tertiary/aromatic N) is 1. The van der Waals surface area contributed by atoms with E-state index in [1.54, 1.807) is 24.3 Å². The molecule has 0 bridgehead atoms. The number of carbonyl (C=O) groups excluding carboxylic acids is 2. The predicted molar refractivity (Wildman–Crippen MR) is 96.2 cm³/mol. The van der Waals surface area contributed by atoms with Gasteiger partial charge in [0.25, 0.3) is 21.8 Å². The van der Waals surface area contributed by atoms with Gasteiger partial charge in [-0.25, -0.2) is 8.42 Å². The van der Waals surface area contributed by atoms with Crippen LogP contribution in [0, 0.1) is 0 Å². The number of hydrogen-bond donors (Lipinski definition) is 2. The molecule has 2 aromatic rings. The molecule has 0 spiro atoms. The maximum Gasteiger partial charge on any atom is 0.264 e. The van der Waals surface area contributed by atoms with Crippen molar-refractivity contribution < 1.29 is 22.8 Å². The molecule has 0 unspecified atom stereocenters. The first-order valence-corrected chi connectivity index (χ1v) is 9.00. The minimum atomic E-state index is -3.85. The maximum atomic E-state index is 12.4. The molecule has 2 N–H and O–H groups in total. The highest BCUT2D eigenvalue weighted by Gasteiger charge is 2.22. The fraction of sp³-hybridized carbons (Fsp3) is 0.176. The van der Waals surface area contributed by atoms with E-state index in [1.807, 2.05) is 0 Å². The van der Waals surface area contributed by atoms with Gasteiger partial charge in [0.2, 0.25) is 0 Å². The monoisotopic (exact) mass is 377 g/mol. The minimum absolute atomic E-state index is 0.0653. The Balaban J connectivity index is 2.20.